The standard InChI is InChI=1S/C19H26IN5O5S2/c20-10-16(26)23-5-3-13(11-23)9-15(18(28)22-19-21-4-8-31-19)25-7-6-24(12-17(25)27)32(29,30)14-1-2-14/h4,8,13-15H,1-3,5-7,9-12H2,(H,21,22,28). The summed E-state index contributed by atoms with van der Waals surface area (Å²) in [6.07, 6.45) is 4.07. The molecule has 1 saturated carbocycles. The van der Waals surface area contributed by atoms with Gasteiger partial charge in [0.05, 0.1) is 16.2 Å². The number of hydrogen-bond acceptors (Lipinski definition) is 7. The Kier molecular flexibility index (Phi) is 7.36. The number of carbonyl (C=O) groups excluding carboxylic acids is 3. The van der Waals surface area contributed by atoms with E-state index < -0.39 is 16.1 Å². The average Bonchev–Trinajstić information content (AvgIpc) is 3.33. The van der Waals surface area contributed by atoms with Gasteiger partial charge in [-0.2, -0.15) is 4.31 Å². The molecule has 3 fully saturated rings. The van der Waals surface area contributed by atoms with Crippen LogP contribution in [-0.4, -0.2) is 93.7 Å². The van der Waals surface area contributed by atoms with E-state index >= 15 is 0 Å². The second-order valence-corrected chi connectivity index (χ2v) is 12.2. The van der Waals surface area contributed by atoms with Crippen LogP contribution in [0, 0.1) is 5.92 Å². The monoisotopic (exact) mass is 595 g/mol. The van der Waals surface area contributed by atoms with Crippen LogP contribution < -0.4 is 5.32 Å². The van der Waals surface area contributed by atoms with E-state index in [9.17, 15) is 22.8 Å². The third kappa shape index (κ3) is 5.25. The van der Waals surface area contributed by atoms with Gasteiger partial charge >= 0.3 is 0 Å². The minimum absolute atomic E-state index is 0.0758. The zero-order chi connectivity index (χ0) is 22.9. The first kappa shape index (κ1) is 23.8. The largest absolute Gasteiger partial charge is 0.342 e. The molecular formula is C19H26IN5O5S2. The highest BCUT2D eigenvalue weighted by Crippen LogP contribution is 2.32. The molecule has 13 heteroatoms. The summed E-state index contributed by atoms with van der Waals surface area (Å²) in [6.45, 7) is 1.34. The molecule has 2 aliphatic heterocycles. The van der Waals surface area contributed by atoms with Crippen molar-refractivity contribution < 1.29 is 22.8 Å². The van der Waals surface area contributed by atoms with Crippen molar-refractivity contribution in [1.82, 2.24) is 19.1 Å². The predicted molar refractivity (Wildman–Crippen MR) is 128 cm³/mol. The molecule has 1 aliphatic carbocycles. The van der Waals surface area contributed by atoms with E-state index in [0.717, 1.165) is 6.42 Å². The summed E-state index contributed by atoms with van der Waals surface area (Å²) in [5.74, 6) is -0.523. The smallest absolute Gasteiger partial charge is 0.248 e. The maximum absolute atomic E-state index is 13.2. The molecule has 2 unspecified atom stereocenters. The number of rotatable bonds is 8. The van der Waals surface area contributed by atoms with E-state index in [2.05, 4.69) is 10.3 Å². The molecule has 3 amide bonds. The van der Waals surface area contributed by atoms with Gasteiger partial charge < -0.3 is 15.1 Å². The quantitative estimate of drug-likeness (QED) is 0.350. The van der Waals surface area contributed by atoms with Crippen LogP contribution in [0.2, 0.25) is 0 Å². The van der Waals surface area contributed by atoms with Crippen molar-refractivity contribution in [2.75, 3.05) is 42.5 Å². The number of piperazine rings is 1. The van der Waals surface area contributed by atoms with E-state index in [1.54, 1.807) is 16.5 Å². The zero-order valence-corrected chi connectivity index (χ0v) is 21.3. The number of likely N-dealkylation sites (tertiary alicyclic amines) is 1. The Bertz CT molecular complexity index is 969. The van der Waals surface area contributed by atoms with Crippen LogP contribution in [-0.2, 0) is 24.4 Å². The molecule has 0 bridgehead atoms. The fourth-order valence-electron chi connectivity index (χ4n) is 4.29. The lowest BCUT2D eigenvalue weighted by Crippen LogP contribution is -2.58. The van der Waals surface area contributed by atoms with E-state index in [0.29, 0.717) is 41.9 Å². The number of carbonyl (C=O) groups is 3. The number of halogens is 1. The van der Waals surface area contributed by atoms with Gasteiger partial charge in [0.2, 0.25) is 27.7 Å². The average molecular weight is 595 g/mol. The van der Waals surface area contributed by atoms with Crippen LogP contribution >= 0.6 is 33.9 Å². The van der Waals surface area contributed by atoms with Gasteiger partial charge in [0.1, 0.15) is 6.04 Å². The first-order chi connectivity index (χ1) is 15.3. The number of anilines is 1. The van der Waals surface area contributed by atoms with Gasteiger partial charge in [-0.15, -0.1) is 11.3 Å². The molecule has 176 valence electrons. The molecule has 0 spiro atoms. The van der Waals surface area contributed by atoms with Gasteiger partial charge in [-0.05, 0) is 31.6 Å². The number of nitrogens with one attached hydrogen (secondary N) is 1. The fraction of sp³-hybridized carbons (Fsp3) is 0.684. The summed E-state index contributed by atoms with van der Waals surface area (Å²) in [4.78, 5) is 45.6. The Morgan fingerprint density at radius 1 is 1.25 bits per heavy atom. The zero-order valence-electron chi connectivity index (χ0n) is 17.5. The summed E-state index contributed by atoms with van der Waals surface area (Å²) in [5.41, 5.74) is 0. The molecule has 0 radical (unpaired) electrons. The van der Waals surface area contributed by atoms with E-state index in [4.69, 9.17) is 0 Å². The number of alkyl halides is 1. The Labute approximate surface area is 204 Å². The molecule has 1 N–H and O–H groups in total. The lowest BCUT2D eigenvalue weighted by molar-refractivity contribution is -0.142. The Morgan fingerprint density at radius 2 is 2.03 bits per heavy atom. The molecule has 2 atom stereocenters. The highest BCUT2D eigenvalue weighted by atomic mass is 127. The van der Waals surface area contributed by atoms with Crippen LogP contribution in [0.4, 0.5) is 5.13 Å². The summed E-state index contributed by atoms with van der Waals surface area (Å²) >= 11 is 3.34. The second-order valence-electron chi connectivity index (χ2n) is 8.37. The number of sulfonamides is 1. The maximum Gasteiger partial charge on any atom is 0.248 e. The van der Waals surface area contributed by atoms with Gasteiger partial charge in [0.25, 0.3) is 0 Å². The molecule has 4 rings (SSSR count). The Morgan fingerprint density at radius 3 is 2.66 bits per heavy atom. The third-order valence-electron chi connectivity index (χ3n) is 6.18. The van der Waals surface area contributed by atoms with Crippen LogP contribution in [0.3, 0.4) is 0 Å². The van der Waals surface area contributed by atoms with Gasteiger partial charge in [-0.25, -0.2) is 13.4 Å². The molecule has 3 aliphatic rings. The van der Waals surface area contributed by atoms with Gasteiger partial charge in [-0.3, -0.25) is 14.4 Å². The lowest BCUT2D eigenvalue weighted by Gasteiger charge is -2.38. The minimum Gasteiger partial charge on any atom is -0.342 e. The van der Waals surface area contributed by atoms with Crippen molar-refractivity contribution in [1.29, 1.82) is 0 Å². The minimum atomic E-state index is -3.44. The maximum atomic E-state index is 13.2. The first-order valence-corrected chi connectivity index (χ1v) is 14.5. The van der Waals surface area contributed by atoms with Crippen molar-refractivity contribution in [3.8, 4) is 0 Å². The van der Waals surface area contributed by atoms with Crippen molar-refractivity contribution in [2.24, 2.45) is 5.92 Å². The molecule has 10 nitrogen and oxygen atoms in total. The van der Waals surface area contributed by atoms with Crippen molar-refractivity contribution in [3.63, 3.8) is 0 Å². The van der Waals surface area contributed by atoms with Gasteiger partial charge in [0.15, 0.2) is 5.13 Å². The summed E-state index contributed by atoms with van der Waals surface area (Å²) in [5, 5.41) is 4.63. The fourth-order valence-corrected chi connectivity index (χ4v) is 7.08. The molecule has 3 heterocycles. The SMILES string of the molecule is O=C(Nc1nccs1)C(CC1CCN(C(=O)CI)C1)N1CCN(S(=O)(=O)C2CC2)CC1=O. The highest BCUT2D eigenvalue weighted by Gasteiger charge is 2.44. The number of aromatic nitrogens is 1. The highest BCUT2D eigenvalue weighted by molar-refractivity contribution is 14.1. The molecule has 2 saturated heterocycles. The predicted octanol–water partition coefficient (Wildman–Crippen LogP) is 0.760. The Balaban J connectivity index is 1.47. The first-order valence-electron chi connectivity index (χ1n) is 10.6. The number of amides is 3. The van der Waals surface area contributed by atoms with Crippen molar-refractivity contribution in [2.45, 2.75) is 37.0 Å². The van der Waals surface area contributed by atoms with Crippen LogP contribution in [0.1, 0.15) is 25.7 Å². The molecule has 1 aromatic heterocycles. The van der Waals surface area contributed by atoms with Gasteiger partial charge in [-0.1, -0.05) is 22.6 Å². The molecule has 32 heavy (non-hydrogen) atoms. The van der Waals surface area contributed by atoms with Crippen molar-refractivity contribution in [3.05, 3.63) is 11.6 Å². The van der Waals surface area contributed by atoms with Crippen LogP contribution in [0.25, 0.3) is 0 Å². The van der Waals surface area contributed by atoms with E-state index in [1.165, 1.54) is 20.5 Å². The summed E-state index contributed by atoms with van der Waals surface area (Å²) in [6, 6.07) is -0.739. The lowest BCUT2D eigenvalue weighted by atomic mass is 9.96. The molecule has 0 aromatic carbocycles. The van der Waals surface area contributed by atoms with E-state index in [-0.39, 0.29) is 48.5 Å². The molecular weight excluding hydrogens is 569 g/mol. The number of hydrogen-bond donors (Lipinski definition) is 1. The Hall–Kier alpha value is -1.32. The van der Waals surface area contributed by atoms with Gasteiger partial charge in [0, 0.05) is 37.8 Å². The van der Waals surface area contributed by atoms with Crippen LogP contribution in [0.15, 0.2) is 11.6 Å². The number of nitrogens with zero attached hydrogens (tertiary/aromatic N) is 4. The normalized spacial score (nSPS) is 23.4. The van der Waals surface area contributed by atoms with Crippen molar-refractivity contribution >= 4 is 66.8 Å². The second kappa shape index (κ2) is 9.89. The number of thiazole rings is 1. The molecule has 1 aromatic rings. The third-order valence-corrected chi connectivity index (χ3v) is 9.86. The topological polar surface area (TPSA) is 120 Å². The summed E-state index contributed by atoms with van der Waals surface area (Å²) in [7, 11) is -3.44. The van der Waals surface area contributed by atoms with Crippen LogP contribution in [0.5, 0.6) is 0 Å². The van der Waals surface area contributed by atoms with E-state index in [1.807, 2.05) is 22.6 Å². The summed E-state index contributed by atoms with van der Waals surface area (Å²) < 4.78 is 26.8.